The molecule has 4 amide bonds. The van der Waals surface area contributed by atoms with Crippen LogP contribution in [0.15, 0.2) is 60.8 Å². The zero-order chi connectivity index (χ0) is 27.7. The Morgan fingerprint density at radius 1 is 0.868 bits per heavy atom. The fourth-order valence-corrected chi connectivity index (χ4v) is 3.91. The van der Waals surface area contributed by atoms with Crippen molar-refractivity contribution in [3.63, 3.8) is 0 Å². The number of amides is 4. The number of carbonyl (C=O) groups excluding carboxylic acids is 4. The Kier molecular flexibility index (Phi) is 9.54. The van der Waals surface area contributed by atoms with E-state index in [1.807, 2.05) is 30.3 Å². The third-order valence-corrected chi connectivity index (χ3v) is 5.83. The molecule has 0 radical (unpaired) electrons. The van der Waals surface area contributed by atoms with Gasteiger partial charge in [0.2, 0.25) is 23.6 Å². The zero-order valence-corrected chi connectivity index (χ0v) is 20.5. The van der Waals surface area contributed by atoms with Gasteiger partial charge in [-0.2, -0.15) is 0 Å². The molecule has 0 fully saturated rings. The maximum Gasteiger partial charge on any atom is 0.326 e. The van der Waals surface area contributed by atoms with Gasteiger partial charge >= 0.3 is 5.97 Å². The molecule has 0 aliphatic heterocycles. The van der Waals surface area contributed by atoms with Gasteiger partial charge in [0.25, 0.3) is 0 Å². The number of benzene rings is 2. The lowest BCUT2D eigenvalue weighted by Gasteiger charge is -2.21. The van der Waals surface area contributed by atoms with Crippen molar-refractivity contribution in [3.05, 3.63) is 71.9 Å². The Labute approximate surface area is 218 Å². The number of carboxylic acid groups (broad SMARTS) is 1. The van der Waals surface area contributed by atoms with Crippen molar-refractivity contribution in [1.29, 1.82) is 0 Å². The molecule has 0 aliphatic carbocycles. The van der Waals surface area contributed by atoms with Crippen molar-refractivity contribution in [2.75, 3.05) is 6.54 Å². The number of carbonyl (C=O) groups is 5. The summed E-state index contributed by atoms with van der Waals surface area (Å²) in [7, 11) is 0. The number of hydrogen-bond acceptors (Lipinski definition) is 6. The predicted octanol–water partition coefficient (Wildman–Crippen LogP) is -0.674. The molecule has 3 atom stereocenters. The van der Waals surface area contributed by atoms with E-state index in [1.165, 1.54) is 0 Å². The van der Waals surface area contributed by atoms with Gasteiger partial charge in [-0.15, -0.1) is 0 Å². The maximum atomic E-state index is 13.0. The Morgan fingerprint density at radius 3 is 2.24 bits per heavy atom. The van der Waals surface area contributed by atoms with Crippen LogP contribution in [0, 0.1) is 0 Å². The Balaban J connectivity index is 1.64. The van der Waals surface area contributed by atoms with Gasteiger partial charge in [0, 0.05) is 23.5 Å². The topological polar surface area (TPSA) is 209 Å². The molecular formula is C26H30N6O6. The standard InChI is InChI=1S/C26H30N6O6/c27-18(11-16-13-29-19-9-5-4-8-17(16)19)24(35)32-20(10-15-6-2-1-3-7-15)25(36)30-14-23(34)31-21(26(37)38)12-22(28)33/h1-9,13,18,20-21,29H,10-12,14,27H2,(H2,28,33)(H,30,36)(H,31,34)(H,32,35)(H,37,38). The molecule has 12 heteroatoms. The summed E-state index contributed by atoms with van der Waals surface area (Å²) >= 11 is 0. The van der Waals surface area contributed by atoms with Crippen LogP contribution in [0.5, 0.6) is 0 Å². The lowest BCUT2D eigenvalue weighted by molar-refractivity contribution is -0.143. The van der Waals surface area contributed by atoms with E-state index in [2.05, 4.69) is 20.9 Å². The molecule has 0 saturated carbocycles. The summed E-state index contributed by atoms with van der Waals surface area (Å²) in [5, 5.41) is 17.3. The number of hydrogen-bond donors (Lipinski definition) is 7. The van der Waals surface area contributed by atoms with E-state index in [4.69, 9.17) is 16.6 Å². The minimum absolute atomic E-state index is 0.124. The molecule has 3 unspecified atom stereocenters. The van der Waals surface area contributed by atoms with Crippen LogP contribution in [0.2, 0.25) is 0 Å². The van der Waals surface area contributed by atoms with Crippen molar-refractivity contribution in [1.82, 2.24) is 20.9 Å². The summed E-state index contributed by atoms with van der Waals surface area (Å²) in [5.41, 5.74) is 13.7. The Morgan fingerprint density at radius 2 is 1.55 bits per heavy atom. The van der Waals surface area contributed by atoms with Crippen LogP contribution in [0.3, 0.4) is 0 Å². The number of fused-ring (bicyclic) bond motifs is 1. The number of aromatic amines is 1. The van der Waals surface area contributed by atoms with Gasteiger partial charge in [-0.25, -0.2) is 4.79 Å². The molecule has 9 N–H and O–H groups in total. The Hall–Kier alpha value is -4.71. The summed E-state index contributed by atoms with van der Waals surface area (Å²) in [4.78, 5) is 63.5. The SMILES string of the molecule is NC(=O)CC(NC(=O)CNC(=O)C(Cc1ccccc1)NC(=O)C(N)Cc1c[nH]c2ccccc12)C(=O)O. The normalized spacial score (nSPS) is 13.2. The molecule has 2 aromatic carbocycles. The average molecular weight is 523 g/mol. The molecule has 38 heavy (non-hydrogen) atoms. The van der Waals surface area contributed by atoms with E-state index in [-0.39, 0.29) is 12.8 Å². The lowest BCUT2D eigenvalue weighted by Crippen LogP contribution is -2.54. The minimum atomic E-state index is -1.53. The molecule has 12 nitrogen and oxygen atoms in total. The lowest BCUT2D eigenvalue weighted by atomic mass is 10.0. The summed E-state index contributed by atoms with van der Waals surface area (Å²) < 4.78 is 0. The number of rotatable bonds is 13. The summed E-state index contributed by atoms with van der Waals surface area (Å²) in [6.45, 7) is -0.579. The Bertz CT molecular complexity index is 1310. The molecule has 3 aromatic rings. The van der Waals surface area contributed by atoms with Crippen LogP contribution in [-0.2, 0) is 36.8 Å². The van der Waals surface area contributed by atoms with Crippen LogP contribution in [0.4, 0.5) is 0 Å². The van der Waals surface area contributed by atoms with E-state index in [0.717, 1.165) is 22.0 Å². The number of nitrogens with two attached hydrogens (primary N) is 2. The molecule has 1 aromatic heterocycles. The molecule has 0 saturated heterocycles. The van der Waals surface area contributed by atoms with Gasteiger partial charge < -0.3 is 37.5 Å². The van der Waals surface area contributed by atoms with Gasteiger partial charge in [0.15, 0.2) is 0 Å². The van der Waals surface area contributed by atoms with Gasteiger partial charge in [0.1, 0.15) is 12.1 Å². The van der Waals surface area contributed by atoms with Crippen molar-refractivity contribution in [3.8, 4) is 0 Å². The smallest absolute Gasteiger partial charge is 0.326 e. The molecular weight excluding hydrogens is 492 g/mol. The molecule has 1 heterocycles. The molecule has 0 bridgehead atoms. The number of aromatic nitrogens is 1. The van der Waals surface area contributed by atoms with Crippen LogP contribution in [0.1, 0.15) is 17.5 Å². The van der Waals surface area contributed by atoms with Crippen molar-refractivity contribution >= 4 is 40.5 Å². The second kappa shape index (κ2) is 13.0. The number of aliphatic carboxylic acids is 1. The summed E-state index contributed by atoms with van der Waals surface area (Å²) in [5.74, 6) is -4.41. The van der Waals surface area contributed by atoms with Crippen LogP contribution < -0.4 is 27.4 Å². The van der Waals surface area contributed by atoms with E-state index >= 15 is 0 Å². The first-order valence-corrected chi connectivity index (χ1v) is 11.9. The van der Waals surface area contributed by atoms with Crippen molar-refractivity contribution in [2.24, 2.45) is 11.5 Å². The van der Waals surface area contributed by atoms with E-state index in [0.29, 0.717) is 0 Å². The number of primary amides is 1. The van der Waals surface area contributed by atoms with Crippen LogP contribution in [0.25, 0.3) is 10.9 Å². The highest BCUT2D eigenvalue weighted by Crippen LogP contribution is 2.18. The summed E-state index contributed by atoms with van der Waals surface area (Å²) in [6.07, 6.45) is 1.54. The second-order valence-corrected chi connectivity index (χ2v) is 8.77. The van der Waals surface area contributed by atoms with Crippen LogP contribution >= 0.6 is 0 Å². The van der Waals surface area contributed by atoms with E-state index in [9.17, 15) is 24.0 Å². The first-order chi connectivity index (χ1) is 18.1. The fraction of sp³-hybridized carbons (Fsp3) is 0.269. The minimum Gasteiger partial charge on any atom is -0.480 e. The largest absolute Gasteiger partial charge is 0.480 e. The first kappa shape index (κ1) is 27.9. The summed E-state index contributed by atoms with van der Waals surface area (Å²) in [6, 6.07) is 13.0. The van der Waals surface area contributed by atoms with Gasteiger partial charge in [-0.1, -0.05) is 48.5 Å². The molecule has 200 valence electrons. The highest BCUT2D eigenvalue weighted by atomic mass is 16.4. The van der Waals surface area contributed by atoms with E-state index in [1.54, 1.807) is 30.5 Å². The van der Waals surface area contributed by atoms with Crippen molar-refractivity contribution < 1.29 is 29.1 Å². The number of H-pyrrole nitrogens is 1. The van der Waals surface area contributed by atoms with Crippen molar-refractivity contribution in [2.45, 2.75) is 37.4 Å². The number of carboxylic acids is 1. The highest BCUT2D eigenvalue weighted by Gasteiger charge is 2.26. The molecule has 0 aliphatic rings. The monoisotopic (exact) mass is 522 g/mol. The maximum absolute atomic E-state index is 13.0. The predicted molar refractivity (Wildman–Crippen MR) is 138 cm³/mol. The van der Waals surface area contributed by atoms with Gasteiger partial charge in [-0.05, 0) is 23.6 Å². The van der Waals surface area contributed by atoms with E-state index < -0.39 is 60.7 Å². The number of para-hydroxylation sites is 1. The fourth-order valence-electron chi connectivity index (χ4n) is 3.91. The zero-order valence-electron chi connectivity index (χ0n) is 20.5. The van der Waals surface area contributed by atoms with Gasteiger partial charge in [0.05, 0.1) is 19.0 Å². The quantitative estimate of drug-likeness (QED) is 0.154. The molecule has 3 rings (SSSR count). The third-order valence-electron chi connectivity index (χ3n) is 5.83. The van der Waals surface area contributed by atoms with Gasteiger partial charge in [-0.3, -0.25) is 19.2 Å². The number of nitrogens with one attached hydrogen (secondary N) is 4. The van der Waals surface area contributed by atoms with Crippen LogP contribution in [-0.4, -0.2) is 64.4 Å². The highest BCUT2D eigenvalue weighted by molar-refractivity contribution is 5.94. The third kappa shape index (κ3) is 7.90. The molecule has 0 spiro atoms. The second-order valence-electron chi connectivity index (χ2n) is 8.77. The average Bonchev–Trinajstić information content (AvgIpc) is 3.29. The first-order valence-electron chi connectivity index (χ1n) is 11.9.